The van der Waals surface area contributed by atoms with Crippen molar-refractivity contribution >= 4 is 34.3 Å². The molecule has 3 heterocycles. The van der Waals surface area contributed by atoms with E-state index in [0.717, 1.165) is 41.4 Å². The number of H-pyrrole nitrogens is 1. The van der Waals surface area contributed by atoms with Gasteiger partial charge in [-0.05, 0) is 37.2 Å². The summed E-state index contributed by atoms with van der Waals surface area (Å²) in [6.07, 6.45) is 10.0. The van der Waals surface area contributed by atoms with E-state index in [4.69, 9.17) is 21.6 Å². The SMILES string of the molecule is CN(C)c1cccc(-c2[nH]nc3nc(N4CCC5(CCCC5)CC4)cnc23)c1Cl. The molecule has 0 unspecified atom stereocenters. The van der Waals surface area contributed by atoms with Crippen LogP contribution in [0.1, 0.15) is 38.5 Å². The maximum absolute atomic E-state index is 6.66. The summed E-state index contributed by atoms with van der Waals surface area (Å²) < 4.78 is 0. The van der Waals surface area contributed by atoms with Crippen LogP contribution in [0.2, 0.25) is 5.02 Å². The quantitative estimate of drug-likeness (QED) is 0.665. The molecule has 29 heavy (non-hydrogen) atoms. The first kappa shape index (κ1) is 18.7. The van der Waals surface area contributed by atoms with E-state index in [0.29, 0.717) is 16.1 Å². The summed E-state index contributed by atoms with van der Waals surface area (Å²) in [7, 11) is 3.97. The molecule has 6 nitrogen and oxygen atoms in total. The molecule has 2 fully saturated rings. The predicted molar refractivity (Wildman–Crippen MR) is 119 cm³/mol. The van der Waals surface area contributed by atoms with Gasteiger partial charge in [-0.25, -0.2) is 9.97 Å². The molecule has 3 aromatic rings. The van der Waals surface area contributed by atoms with Crippen molar-refractivity contribution < 1.29 is 0 Å². The molecule has 2 aliphatic rings. The fourth-order valence-corrected chi connectivity index (χ4v) is 5.41. The first-order valence-corrected chi connectivity index (χ1v) is 10.9. The largest absolute Gasteiger partial charge is 0.376 e. The maximum Gasteiger partial charge on any atom is 0.202 e. The van der Waals surface area contributed by atoms with Crippen LogP contribution >= 0.6 is 11.6 Å². The molecule has 1 aromatic carbocycles. The first-order valence-electron chi connectivity index (χ1n) is 10.5. The van der Waals surface area contributed by atoms with E-state index in [2.05, 4.69) is 15.1 Å². The Morgan fingerprint density at radius 3 is 2.59 bits per heavy atom. The van der Waals surface area contributed by atoms with Gasteiger partial charge in [-0.15, -0.1) is 0 Å². The number of nitrogens with zero attached hydrogens (tertiary/aromatic N) is 5. The molecule has 0 amide bonds. The van der Waals surface area contributed by atoms with E-state index in [1.54, 1.807) is 0 Å². The van der Waals surface area contributed by atoms with Crippen molar-refractivity contribution in [2.24, 2.45) is 5.41 Å². The second-order valence-corrected chi connectivity index (χ2v) is 9.10. The molecule has 0 bridgehead atoms. The summed E-state index contributed by atoms with van der Waals surface area (Å²) in [6, 6.07) is 5.99. The Balaban J connectivity index is 1.43. The van der Waals surface area contributed by atoms with E-state index in [9.17, 15) is 0 Å². The zero-order valence-corrected chi connectivity index (χ0v) is 17.8. The molecule has 1 saturated carbocycles. The average Bonchev–Trinajstić information content (AvgIpc) is 3.35. The van der Waals surface area contributed by atoms with Crippen LogP contribution < -0.4 is 9.80 Å². The number of benzene rings is 1. The number of nitrogens with one attached hydrogen (secondary N) is 1. The van der Waals surface area contributed by atoms with Gasteiger partial charge in [-0.3, -0.25) is 5.10 Å². The second kappa shape index (κ2) is 7.17. The Morgan fingerprint density at radius 1 is 1.10 bits per heavy atom. The van der Waals surface area contributed by atoms with Gasteiger partial charge in [0.25, 0.3) is 0 Å². The lowest BCUT2D eigenvalue weighted by molar-refractivity contribution is 0.226. The Hall–Kier alpha value is -2.34. The van der Waals surface area contributed by atoms with Gasteiger partial charge in [0.2, 0.25) is 5.65 Å². The third-order valence-electron chi connectivity index (χ3n) is 6.79. The fourth-order valence-electron chi connectivity index (χ4n) is 5.02. The van der Waals surface area contributed by atoms with Gasteiger partial charge >= 0.3 is 0 Å². The van der Waals surface area contributed by atoms with Gasteiger partial charge in [-0.1, -0.05) is 36.6 Å². The third kappa shape index (κ3) is 3.23. The highest BCUT2D eigenvalue weighted by atomic mass is 35.5. The lowest BCUT2D eigenvalue weighted by Crippen LogP contribution is -2.39. The van der Waals surface area contributed by atoms with Gasteiger partial charge in [0.15, 0.2) is 0 Å². The van der Waals surface area contributed by atoms with Gasteiger partial charge < -0.3 is 9.80 Å². The molecule has 1 saturated heterocycles. The molecule has 5 rings (SSSR count). The van der Waals surface area contributed by atoms with Crippen molar-refractivity contribution in [3.05, 3.63) is 29.4 Å². The van der Waals surface area contributed by atoms with E-state index in [1.165, 1.54) is 38.5 Å². The zero-order chi connectivity index (χ0) is 20.0. The lowest BCUT2D eigenvalue weighted by Gasteiger charge is -2.39. The average molecular weight is 411 g/mol. The van der Waals surface area contributed by atoms with Crippen LogP contribution in [0.4, 0.5) is 11.5 Å². The van der Waals surface area contributed by atoms with Crippen molar-refractivity contribution in [3.8, 4) is 11.3 Å². The first-order chi connectivity index (χ1) is 14.1. The number of hydrogen-bond acceptors (Lipinski definition) is 5. The monoisotopic (exact) mass is 410 g/mol. The molecule has 1 aliphatic heterocycles. The summed E-state index contributed by atoms with van der Waals surface area (Å²) in [4.78, 5) is 13.9. The maximum atomic E-state index is 6.66. The summed E-state index contributed by atoms with van der Waals surface area (Å²) in [5, 5.41) is 8.24. The normalized spacial score (nSPS) is 18.7. The molecule has 152 valence electrons. The van der Waals surface area contributed by atoms with Crippen LogP contribution in [-0.4, -0.2) is 47.4 Å². The smallest absolute Gasteiger partial charge is 0.202 e. The molecular weight excluding hydrogens is 384 g/mol. The van der Waals surface area contributed by atoms with E-state index >= 15 is 0 Å². The molecule has 1 N–H and O–H groups in total. The Bertz CT molecular complexity index is 1030. The van der Waals surface area contributed by atoms with Crippen molar-refractivity contribution in [2.45, 2.75) is 38.5 Å². The van der Waals surface area contributed by atoms with E-state index in [-0.39, 0.29) is 0 Å². The number of anilines is 2. The minimum Gasteiger partial charge on any atom is -0.376 e. The van der Waals surface area contributed by atoms with Gasteiger partial charge in [0, 0.05) is 32.7 Å². The number of rotatable bonds is 3. The highest BCUT2D eigenvalue weighted by Crippen LogP contribution is 2.46. The molecule has 0 radical (unpaired) electrons. The van der Waals surface area contributed by atoms with Crippen molar-refractivity contribution in [3.63, 3.8) is 0 Å². The van der Waals surface area contributed by atoms with Crippen molar-refractivity contribution in [1.29, 1.82) is 0 Å². The topological polar surface area (TPSA) is 60.9 Å². The van der Waals surface area contributed by atoms with Gasteiger partial charge in [0.05, 0.1) is 22.6 Å². The van der Waals surface area contributed by atoms with Crippen molar-refractivity contribution in [1.82, 2.24) is 20.2 Å². The number of fused-ring (bicyclic) bond motifs is 1. The predicted octanol–water partition coefficient (Wildman–Crippen LogP) is 4.90. The number of hydrogen-bond donors (Lipinski definition) is 1. The standard InChI is InChI=1S/C22H27ClN6/c1-28(2)16-7-5-6-15(18(16)23)19-20-21(27-26-19)25-17(14-24-20)29-12-10-22(11-13-29)8-3-4-9-22/h5-7,14H,3-4,8-13H2,1-2H3,(H,25,26,27). The molecule has 2 aromatic heterocycles. The molecule has 1 spiro atoms. The van der Waals surface area contributed by atoms with E-state index < -0.39 is 0 Å². The summed E-state index contributed by atoms with van der Waals surface area (Å²) in [5.74, 6) is 0.927. The minimum atomic E-state index is 0.599. The highest BCUT2D eigenvalue weighted by molar-refractivity contribution is 6.36. The molecular formula is C22H27ClN6. The Labute approximate surface area is 176 Å². The summed E-state index contributed by atoms with van der Waals surface area (Å²) >= 11 is 6.66. The van der Waals surface area contributed by atoms with Crippen molar-refractivity contribution in [2.75, 3.05) is 37.0 Å². The van der Waals surface area contributed by atoms with Crippen LogP contribution in [0.5, 0.6) is 0 Å². The Kier molecular flexibility index (Phi) is 4.62. The lowest BCUT2D eigenvalue weighted by atomic mass is 9.77. The Morgan fingerprint density at radius 2 is 1.86 bits per heavy atom. The third-order valence-corrected chi connectivity index (χ3v) is 7.19. The number of aromatic nitrogens is 4. The molecule has 0 atom stereocenters. The highest BCUT2D eigenvalue weighted by Gasteiger charge is 2.37. The molecule has 7 heteroatoms. The van der Waals surface area contributed by atoms with Gasteiger partial charge in [-0.2, -0.15) is 5.10 Å². The number of aromatic amines is 1. The van der Waals surface area contributed by atoms with Crippen LogP contribution in [0.15, 0.2) is 24.4 Å². The second-order valence-electron chi connectivity index (χ2n) is 8.73. The zero-order valence-electron chi connectivity index (χ0n) is 17.1. The van der Waals surface area contributed by atoms with Crippen LogP contribution in [0, 0.1) is 5.41 Å². The fraction of sp³-hybridized carbons (Fsp3) is 0.500. The summed E-state index contributed by atoms with van der Waals surface area (Å²) in [6.45, 7) is 2.13. The van der Waals surface area contributed by atoms with Gasteiger partial charge in [0.1, 0.15) is 11.3 Å². The number of halogens is 1. The summed E-state index contributed by atoms with van der Waals surface area (Å²) in [5.41, 5.74) is 4.67. The number of piperidine rings is 1. The minimum absolute atomic E-state index is 0.599. The molecule has 1 aliphatic carbocycles. The van der Waals surface area contributed by atoms with Crippen LogP contribution in [0.3, 0.4) is 0 Å². The van der Waals surface area contributed by atoms with E-state index in [1.807, 2.05) is 43.4 Å². The van der Waals surface area contributed by atoms with Crippen LogP contribution in [-0.2, 0) is 0 Å². The van der Waals surface area contributed by atoms with Crippen LogP contribution in [0.25, 0.3) is 22.4 Å².